The number of nitrogens with zero attached hydrogens (tertiary/aromatic N) is 4. The normalized spacial score (nSPS) is 22.1. The smallest absolute Gasteiger partial charge is 0.328 e. The van der Waals surface area contributed by atoms with Crippen LogP contribution in [0.4, 0.5) is 0 Å². The molecule has 12 nitrogen and oxygen atoms in total. The Morgan fingerprint density at radius 1 is 0.891 bits per heavy atom. The monoisotopic (exact) mass is 654 g/mol. The lowest BCUT2D eigenvalue weighted by Crippen LogP contribution is -2.45. The minimum atomic E-state index is -3.28. The molecule has 0 saturated carbocycles. The van der Waals surface area contributed by atoms with Crippen LogP contribution in [0.25, 0.3) is 6.08 Å². The Hall–Kier alpha value is -4.20. The van der Waals surface area contributed by atoms with Crippen molar-refractivity contribution in [3.05, 3.63) is 77.4 Å². The van der Waals surface area contributed by atoms with Gasteiger partial charge in [-0.3, -0.25) is 5.01 Å². The number of carboxylic acid groups (broad SMARTS) is 2. The SMILES string of the molecule is COc1ccc(/C=C2\CS(=O)(=O)CC3C2=NN(CCCN2CCN(C)CC2)C3c2ccc(OC)cc2)cc1.O=C(O)/C=C\C(=O)O. The maximum absolute atomic E-state index is 13.2. The molecule has 2 N–H and O–H groups in total. The molecule has 2 saturated heterocycles. The number of rotatable bonds is 10. The molecule has 5 rings (SSSR count). The summed E-state index contributed by atoms with van der Waals surface area (Å²) in [5.41, 5.74) is 3.69. The standard InChI is InChI=1S/C29H38N4O4S.C4H4O4/c1-31-15-17-32(18-16-31)13-4-14-33-29(23-7-11-26(37-3)12-8-23)27-21-38(34,35)20-24(28(27)30-33)19-22-5-9-25(36-2)10-6-22;5-3(6)1-2-4(7)8/h5-12,19,27,29H,4,13-18,20-21H2,1-3H3;1-2H,(H,5,6)(H,7,8)/b24-19+;2-1-. The molecule has 3 aliphatic rings. The Labute approximate surface area is 270 Å². The number of sulfone groups is 1. The van der Waals surface area contributed by atoms with E-state index in [1.165, 1.54) is 0 Å². The van der Waals surface area contributed by atoms with E-state index in [1.807, 2.05) is 54.6 Å². The van der Waals surface area contributed by atoms with Crippen LogP contribution in [0.2, 0.25) is 0 Å². The van der Waals surface area contributed by atoms with Crippen LogP contribution in [-0.4, -0.2) is 123 Å². The zero-order valence-electron chi connectivity index (χ0n) is 26.4. The second kappa shape index (κ2) is 15.9. The van der Waals surface area contributed by atoms with Crippen molar-refractivity contribution in [2.75, 3.05) is 72.0 Å². The van der Waals surface area contributed by atoms with Gasteiger partial charge in [0.15, 0.2) is 9.84 Å². The van der Waals surface area contributed by atoms with Gasteiger partial charge in [-0.2, -0.15) is 5.10 Å². The second-order valence-corrected chi connectivity index (χ2v) is 13.6. The molecule has 3 aliphatic heterocycles. The summed E-state index contributed by atoms with van der Waals surface area (Å²) in [6.45, 7) is 6.16. The number of piperazine rings is 1. The zero-order valence-corrected chi connectivity index (χ0v) is 27.2. The Morgan fingerprint density at radius 2 is 1.46 bits per heavy atom. The second-order valence-electron chi connectivity index (χ2n) is 11.5. The van der Waals surface area contributed by atoms with Crippen molar-refractivity contribution in [3.63, 3.8) is 0 Å². The van der Waals surface area contributed by atoms with Gasteiger partial charge < -0.3 is 29.5 Å². The number of ether oxygens (including phenoxy) is 2. The lowest BCUT2D eigenvalue weighted by atomic mass is 9.87. The first-order valence-corrected chi connectivity index (χ1v) is 16.9. The van der Waals surface area contributed by atoms with E-state index < -0.39 is 21.8 Å². The first-order valence-electron chi connectivity index (χ1n) is 15.1. The van der Waals surface area contributed by atoms with Gasteiger partial charge in [0.2, 0.25) is 0 Å². The highest BCUT2D eigenvalue weighted by molar-refractivity contribution is 7.91. The first kappa shape index (κ1) is 34.7. The number of benzene rings is 2. The van der Waals surface area contributed by atoms with Gasteiger partial charge >= 0.3 is 11.9 Å². The van der Waals surface area contributed by atoms with Gasteiger partial charge in [0.05, 0.1) is 37.5 Å². The Kier molecular flexibility index (Phi) is 12.0. The minimum absolute atomic E-state index is 0.0127. The highest BCUT2D eigenvalue weighted by Gasteiger charge is 2.45. The molecule has 3 heterocycles. The molecule has 2 unspecified atom stereocenters. The molecule has 2 fully saturated rings. The van der Waals surface area contributed by atoms with E-state index in [2.05, 4.69) is 21.9 Å². The molecule has 13 heteroatoms. The van der Waals surface area contributed by atoms with Crippen LogP contribution in [0, 0.1) is 5.92 Å². The molecule has 0 spiro atoms. The number of hydrogen-bond donors (Lipinski definition) is 2. The number of methoxy groups -OCH3 is 2. The van der Waals surface area contributed by atoms with Gasteiger partial charge in [0.1, 0.15) is 11.5 Å². The van der Waals surface area contributed by atoms with Crippen LogP contribution >= 0.6 is 0 Å². The van der Waals surface area contributed by atoms with Crippen molar-refractivity contribution >= 4 is 33.6 Å². The summed E-state index contributed by atoms with van der Waals surface area (Å²) in [6, 6.07) is 15.5. The number of likely N-dealkylation sites (N-methyl/N-ethyl adjacent to an activating group) is 1. The predicted octanol–water partition coefficient (Wildman–Crippen LogP) is 2.89. The predicted molar refractivity (Wildman–Crippen MR) is 176 cm³/mol. The van der Waals surface area contributed by atoms with Gasteiger partial charge in [0, 0.05) is 50.8 Å². The van der Waals surface area contributed by atoms with E-state index in [0.29, 0.717) is 12.2 Å². The summed E-state index contributed by atoms with van der Waals surface area (Å²) in [7, 11) is 2.18. The summed E-state index contributed by atoms with van der Waals surface area (Å²) in [4.78, 5) is 24.0. The maximum atomic E-state index is 13.2. The Balaban J connectivity index is 0.000000533. The van der Waals surface area contributed by atoms with E-state index in [4.69, 9.17) is 24.8 Å². The summed E-state index contributed by atoms with van der Waals surface area (Å²) in [5.74, 6) is -1.05. The van der Waals surface area contributed by atoms with Crippen molar-refractivity contribution in [2.45, 2.75) is 12.5 Å². The lowest BCUT2D eigenvalue weighted by molar-refractivity contribution is -0.134. The fourth-order valence-electron chi connectivity index (χ4n) is 5.83. The average Bonchev–Trinajstić information content (AvgIpc) is 3.39. The number of carbonyl (C=O) groups is 2. The third-order valence-corrected chi connectivity index (χ3v) is 9.79. The molecule has 248 valence electrons. The van der Waals surface area contributed by atoms with Gasteiger partial charge in [-0.15, -0.1) is 0 Å². The summed E-state index contributed by atoms with van der Waals surface area (Å²) >= 11 is 0. The van der Waals surface area contributed by atoms with Gasteiger partial charge in [-0.1, -0.05) is 24.3 Å². The number of fused-ring (bicyclic) bond motifs is 1. The van der Waals surface area contributed by atoms with Crippen LogP contribution in [0.5, 0.6) is 11.5 Å². The molecule has 0 amide bonds. The lowest BCUT2D eigenvalue weighted by Gasteiger charge is -2.33. The number of hydrazone groups is 1. The van der Waals surface area contributed by atoms with Crippen LogP contribution in [-0.2, 0) is 19.4 Å². The topological polar surface area (TPSA) is 149 Å². The molecule has 2 atom stereocenters. The van der Waals surface area contributed by atoms with Crippen molar-refractivity contribution in [1.29, 1.82) is 0 Å². The van der Waals surface area contributed by atoms with Crippen molar-refractivity contribution in [2.24, 2.45) is 11.0 Å². The van der Waals surface area contributed by atoms with Gasteiger partial charge in [-0.05, 0) is 67.1 Å². The molecule has 0 radical (unpaired) electrons. The van der Waals surface area contributed by atoms with Crippen LogP contribution < -0.4 is 9.47 Å². The Morgan fingerprint density at radius 3 is 2.00 bits per heavy atom. The van der Waals surface area contributed by atoms with E-state index in [-0.39, 0.29) is 23.5 Å². The summed E-state index contributed by atoms with van der Waals surface area (Å²) in [5, 5.41) is 22.9. The quantitative estimate of drug-likeness (QED) is 0.364. The van der Waals surface area contributed by atoms with Crippen molar-refractivity contribution in [1.82, 2.24) is 14.8 Å². The van der Waals surface area contributed by atoms with Crippen LogP contribution in [0.15, 0.2) is 71.4 Å². The summed E-state index contributed by atoms with van der Waals surface area (Å²) < 4.78 is 37.0. The third kappa shape index (κ3) is 9.65. The molecule has 2 aromatic carbocycles. The minimum Gasteiger partial charge on any atom is -0.497 e. The summed E-state index contributed by atoms with van der Waals surface area (Å²) in [6.07, 6.45) is 4.07. The maximum Gasteiger partial charge on any atom is 0.328 e. The fourth-order valence-corrected chi connectivity index (χ4v) is 7.54. The highest BCUT2D eigenvalue weighted by atomic mass is 32.2. The van der Waals surface area contributed by atoms with Gasteiger partial charge in [-0.25, -0.2) is 18.0 Å². The number of hydrogen-bond acceptors (Lipinski definition) is 10. The number of carboxylic acids is 2. The third-order valence-electron chi connectivity index (χ3n) is 8.17. The zero-order chi connectivity index (χ0) is 33.3. The first-order chi connectivity index (χ1) is 22.0. The van der Waals surface area contributed by atoms with E-state index in [0.717, 1.165) is 79.6 Å². The average molecular weight is 655 g/mol. The molecule has 0 bridgehead atoms. The molecule has 2 aromatic rings. The molecular formula is C33H42N4O8S. The van der Waals surface area contributed by atoms with E-state index in [9.17, 15) is 18.0 Å². The number of aliphatic carboxylic acids is 2. The van der Waals surface area contributed by atoms with Gasteiger partial charge in [0.25, 0.3) is 0 Å². The van der Waals surface area contributed by atoms with E-state index >= 15 is 0 Å². The fraction of sp³-hybridized carbons (Fsp3) is 0.424. The molecule has 0 aliphatic carbocycles. The van der Waals surface area contributed by atoms with Crippen LogP contribution in [0.1, 0.15) is 23.6 Å². The molecule has 0 aromatic heterocycles. The highest BCUT2D eigenvalue weighted by Crippen LogP contribution is 2.42. The van der Waals surface area contributed by atoms with Crippen molar-refractivity contribution < 1.29 is 37.7 Å². The largest absolute Gasteiger partial charge is 0.497 e. The molecular weight excluding hydrogens is 612 g/mol. The Bertz CT molecular complexity index is 1530. The van der Waals surface area contributed by atoms with Crippen LogP contribution in [0.3, 0.4) is 0 Å². The van der Waals surface area contributed by atoms with Crippen molar-refractivity contribution in [3.8, 4) is 11.5 Å². The van der Waals surface area contributed by atoms with E-state index in [1.54, 1.807) is 14.2 Å². The molecule has 46 heavy (non-hydrogen) atoms.